The second-order valence-corrected chi connectivity index (χ2v) is 10.4. The number of halogens is 1. The van der Waals surface area contributed by atoms with Crippen LogP contribution in [-0.2, 0) is 14.6 Å². The number of allylic oxidation sites excluding steroid dienone is 1. The molecule has 1 fully saturated rings. The van der Waals surface area contributed by atoms with Crippen molar-refractivity contribution in [3.05, 3.63) is 47.0 Å². The van der Waals surface area contributed by atoms with Crippen molar-refractivity contribution in [2.24, 2.45) is 0 Å². The molecule has 1 aliphatic heterocycles. The predicted octanol–water partition coefficient (Wildman–Crippen LogP) is 4.04. The fraction of sp³-hybridized carbons (Fsp3) is 0.435. The van der Waals surface area contributed by atoms with E-state index in [0.29, 0.717) is 42.8 Å². The number of benzene rings is 1. The van der Waals surface area contributed by atoms with Crippen LogP contribution in [0.1, 0.15) is 56.5 Å². The highest BCUT2D eigenvalue weighted by molar-refractivity contribution is 7.90. The first-order valence-corrected chi connectivity index (χ1v) is 12.5. The number of rotatable bonds is 5. The van der Waals surface area contributed by atoms with Gasteiger partial charge in [0.1, 0.15) is 17.6 Å². The number of hydrogen-bond donors (Lipinski definition) is 0. The van der Waals surface area contributed by atoms with Crippen LogP contribution in [0.15, 0.2) is 29.3 Å². The highest BCUT2D eigenvalue weighted by Gasteiger charge is 2.27. The van der Waals surface area contributed by atoms with E-state index in [2.05, 4.69) is 11.2 Å². The van der Waals surface area contributed by atoms with Gasteiger partial charge in [-0.1, -0.05) is 6.07 Å². The summed E-state index contributed by atoms with van der Waals surface area (Å²) in [6.45, 7) is 6.30. The van der Waals surface area contributed by atoms with Crippen LogP contribution in [-0.4, -0.2) is 54.6 Å². The summed E-state index contributed by atoms with van der Waals surface area (Å²) in [5, 5.41) is 14.1. The van der Waals surface area contributed by atoms with E-state index < -0.39 is 15.7 Å². The SMILES string of the molecule is CC(=Cc1cnn(C2CCN(C(=O)OC(C)C)CC2)c1C#N)c1ccc(S(C)(=O)=O)cc1F. The number of hydrogen-bond acceptors (Lipinski definition) is 6. The van der Waals surface area contributed by atoms with E-state index in [4.69, 9.17) is 4.74 Å². The summed E-state index contributed by atoms with van der Waals surface area (Å²) in [5.41, 5.74) is 1.68. The zero-order valence-electron chi connectivity index (χ0n) is 19.1. The number of amides is 1. The minimum absolute atomic E-state index is 0.0454. The van der Waals surface area contributed by atoms with Gasteiger partial charge in [-0.3, -0.25) is 4.68 Å². The molecule has 33 heavy (non-hydrogen) atoms. The van der Waals surface area contributed by atoms with Gasteiger partial charge in [0.25, 0.3) is 0 Å². The highest BCUT2D eigenvalue weighted by Crippen LogP contribution is 2.28. The van der Waals surface area contributed by atoms with Crippen LogP contribution < -0.4 is 0 Å². The average molecular weight is 475 g/mol. The zero-order chi connectivity index (χ0) is 24.3. The highest BCUT2D eigenvalue weighted by atomic mass is 32.2. The maximum Gasteiger partial charge on any atom is 0.410 e. The Bertz CT molecular complexity index is 1220. The Labute approximate surface area is 193 Å². The van der Waals surface area contributed by atoms with Crippen LogP contribution in [0.2, 0.25) is 0 Å². The van der Waals surface area contributed by atoms with Crippen molar-refractivity contribution in [3.8, 4) is 6.07 Å². The van der Waals surface area contributed by atoms with Crippen LogP contribution in [0.3, 0.4) is 0 Å². The lowest BCUT2D eigenvalue weighted by atomic mass is 10.0. The molecule has 2 heterocycles. The van der Waals surface area contributed by atoms with E-state index in [9.17, 15) is 22.9 Å². The maximum atomic E-state index is 14.6. The lowest BCUT2D eigenvalue weighted by molar-refractivity contribution is 0.0653. The molecule has 1 aromatic carbocycles. The molecule has 1 aromatic heterocycles. The molecule has 0 unspecified atom stereocenters. The van der Waals surface area contributed by atoms with Gasteiger partial charge in [-0.15, -0.1) is 0 Å². The number of carbonyl (C=O) groups is 1. The first kappa shape index (κ1) is 24.5. The summed E-state index contributed by atoms with van der Waals surface area (Å²) in [5.74, 6) is -0.654. The van der Waals surface area contributed by atoms with Crippen molar-refractivity contribution < 1.29 is 22.3 Å². The van der Waals surface area contributed by atoms with Gasteiger partial charge in [0.05, 0.1) is 23.2 Å². The molecular weight excluding hydrogens is 447 g/mol. The first-order valence-electron chi connectivity index (χ1n) is 10.6. The molecule has 0 spiro atoms. The molecule has 3 rings (SSSR count). The fourth-order valence-electron chi connectivity index (χ4n) is 3.80. The van der Waals surface area contributed by atoms with Crippen molar-refractivity contribution in [1.29, 1.82) is 5.26 Å². The topological polar surface area (TPSA) is 105 Å². The van der Waals surface area contributed by atoms with Crippen LogP contribution in [0.4, 0.5) is 9.18 Å². The largest absolute Gasteiger partial charge is 0.447 e. The lowest BCUT2D eigenvalue weighted by Gasteiger charge is -2.32. The fourth-order valence-corrected chi connectivity index (χ4v) is 4.43. The number of nitrogens with zero attached hydrogens (tertiary/aromatic N) is 4. The molecule has 0 atom stereocenters. The monoisotopic (exact) mass is 474 g/mol. The van der Waals surface area contributed by atoms with E-state index in [0.717, 1.165) is 12.3 Å². The predicted molar refractivity (Wildman–Crippen MR) is 121 cm³/mol. The second kappa shape index (κ2) is 9.75. The van der Waals surface area contributed by atoms with Crippen molar-refractivity contribution in [1.82, 2.24) is 14.7 Å². The van der Waals surface area contributed by atoms with E-state index in [-0.39, 0.29) is 28.7 Å². The second-order valence-electron chi connectivity index (χ2n) is 8.40. The van der Waals surface area contributed by atoms with Crippen molar-refractivity contribution in [3.63, 3.8) is 0 Å². The third-order valence-electron chi connectivity index (χ3n) is 5.50. The van der Waals surface area contributed by atoms with Gasteiger partial charge in [-0.25, -0.2) is 17.6 Å². The first-order chi connectivity index (χ1) is 15.5. The molecule has 0 radical (unpaired) electrons. The Morgan fingerprint density at radius 1 is 1.33 bits per heavy atom. The van der Waals surface area contributed by atoms with Gasteiger partial charge in [-0.2, -0.15) is 10.4 Å². The summed E-state index contributed by atoms with van der Waals surface area (Å²) in [6, 6.07) is 5.90. The Morgan fingerprint density at radius 2 is 2.00 bits per heavy atom. The molecule has 0 N–H and O–H groups in total. The summed E-state index contributed by atoms with van der Waals surface area (Å²) < 4.78 is 44.7. The number of carbonyl (C=O) groups excluding carboxylic acids is 1. The Kier molecular flexibility index (Phi) is 7.22. The summed E-state index contributed by atoms with van der Waals surface area (Å²) in [4.78, 5) is 13.7. The molecule has 176 valence electrons. The lowest BCUT2D eigenvalue weighted by Crippen LogP contribution is -2.40. The van der Waals surface area contributed by atoms with Gasteiger partial charge in [-0.05, 0) is 57.4 Å². The quantitative estimate of drug-likeness (QED) is 0.648. The summed E-state index contributed by atoms with van der Waals surface area (Å²) in [7, 11) is -3.51. The summed E-state index contributed by atoms with van der Waals surface area (Å²) in [6.07, 6.45) is 4.99. The number of sulfone groups is 1. The molecule has 10 heteroatoms. The minimum Gasteiger partial charge on any atom is -0.447 e. The molecule has 1 saturated heterocycles. The average Bonchev–Trinajstić information content (AvgIpc) is 3.14. The van der Waals surface area contributed by atoms with Crippen LogP contribution in [0.25, 0.3) is 11.6 Å². The molecule has 0 bridgehead atoms. The van der Waals surface area contributed by atoms with Gasteiger partial charge in [0.15, 0.2) is 9.84 Å². The van der Waals surface area contributed by atoms with E-state index in [1.54, 1.807) is 42.6 Å². The van der Waals surface area contributed by atoms with Crippen LogP contribution in [0, 0.1) is 17.1 Å². The normalized spacial score (nSPS) is 15.5. The smallest absolute Gasteiger partial charge is 0.410 e. The molecule has 8 nitrogen and oxygen atoms in total. The number of likely N-dealkylation sites (tertiary alicyclic amines) is 1. The van der Waals surface area contributed by atoms with Crippen molar-refractivity contribution >= 4 is 27.6 Å². The zero-order valence-corrected chi connectivity index (χ0v) is 19.9. The number of nitriles is 1. The Morgan fingerprint density at radius 3 is 2.55 bits per heavy atom. The summed E-state index contributed by atoms with van der Waals surface area (Å²) >= 11 is 0. The minimum atomic E-state index is -3.51. The van der Waals surface area contributed by atoms with E-state index in [1.165, 1.54) is 12.1 Å². The van der Waals surface area contributed by atoms with E-state index in [1.807, 2.05) is 0 Å². The standard InChI is InChI=1S/C23H27FN4O4S/c1-15(2)32-23(29)27-9-7-18(8-10-27)28-22(13-25)17(14-26-28)11-16(3)20-6-5-19(12-21(20)24)33(4,30)31/h5-6,11-12,14-15,18H,7-10H2,1-4H3. The number of piperidine rings is 1. The van der Waals surface area contributed by atoms with E-state index >= 15 is 0 Å². The van der Waals surface area contributed by atoms with Crippen molar-refractivity contribution in [2.75, 3.05) is 19.3 Å². The van der Waals surface area contributed by atoms with Crippen molar-refractivity contribution in [2.45, 2.75) is 50.7 Å². The molecule has 1 amide bonds. The third-order valence-corrected chi connectivity index (χ3v) is 6.61. The van der Waals surface area contributed by atoms with Crippen LogP contribution >= 0.6 is 0 Å². The number of ether oxygens (including phenoxy) is 1. The Hall–Kier alpha value is -3.19. The van der Waals surface area contributed by atoms with Gasteiger partial charge in [0.2, 0.25) is 0 Å². The third kappa shape index (κ3) is 5.60. The van der Waals surface area contributed by atoms with Gasteiger partial charge in [0, 0.05) is 30.5 Å². The molecule has 2 aromatic rings. The maximum absolute atomic E-state index is 14.6. The van der Waals surface area contributed by atoms with Gasteiger partial charge >= 0.3 is 6.09 Å². The molecule has 0 aliphatic carbocycles. The van der Waals surface area contributed by atoms with Crippen LogP contribution in [0.5, 0.6) is 0 Å². The molecule has 0 saturated carbocycles. The molecular formula is C23H27FN4O4S. The molecule has 1 aliphatic rings. The van der Waals surface area contributed by atoms with Gasteiger partial charge < -0.3 is 9.64 Å². The Balaban J connectivity index is 1.80. The number of aromatic nitrogens is 2.